The monoisotopic (exact) mass is 453 g/mol. The number of rotatable bonds is 5. The zero-order valence-corrected chi connectivity index (χ0v) is 18.6. The molecule has 0 aliphatic heterocycles. The summed E-state index contributed by atoms with van der Waals surface area (Å²) in [5.41, 5.74) is 4.05. The summed E-state index contributed by atoms with van der Waals surface area (Å²) in [7, 11) is 0. The number of carbonyl (C=O) groups excluding carboxylic acids is 3. The van der Waals surface area contributed by atoms with Crippen LogP contribution in [0.4, 0.5) is 5.69 Å². The summed E-state index contributed by atoms with van der Waals surface area (Å²) in [5.74, 6) is -0.479. The molecule has 1 heterocycles. The Labute approximate surface area is 194 Å². The van der Waals surface area contributed by atoms with E-state index < -0.39 is 0 Å². The Morgan fingerprint density at radius 1 is 0.909 bits per heavy atom. The first-order valence-corrected chi connectivity index (χ1v) is 11.4. The van der Waals surface area contributed by atoms with Crippen molar-refractivity contribution in [2.45, 2.75) is 12.1 Å². The van der Waals surface area contributed by atoms with Gasteiger partial charge in [-0.25, -0.2) is 4.98 Å². The van der Waals surface area contributed by atoms with Gasteiger partial charge in [-0.1, -0.05) is 54.2 Å². The Bertz CT molecular complexity index is 1420. The first-order valence-electron chi connectivity index (χ1n) is 10.4. The first kappa shape index (κ1) is 20.9. The number of nitrogens with one attached hydrogen (secondary N) is 1. The lowest BCUT2D eigenvalue weighted by molar-refractivity contribution is -0.113. The number of aryl methyl sites for hydroxylation is 1. The van der Waals surface area contributed by atoms with Crippen LogP contribution in [0, 0.1) is 6.92 Å². The minimum absolute atomic E-state index is 0.149. The molecule has 7 heteroatoms. The summed E-state index contributed by atoms with van der Waals surface area (Å²) in [5, 5.41) is 3.53. The molecular formula is C26H19N3O3S. The van der Waals surface area contributed by atoms with Crippen molar-refractivity contribution < 1.29 is 14.4 Å². The van der Waals surface area contributed by atoms with Crippen molar-refractivity contribution >= 4 is 34.9 Å². The fourth-order valence-electron chi connectivity index (χ4n) is 3.92. The minimum atomic E-state index is -0.228. The minimum Gasteiger partial charge on any atom is -0.325 e. The molecule has 5 rings (SSSR count). The van der Waals surface area contributed by atoms with Crippen molar-refractivity contribution in [2.24, 2.45) is 0 Å². The van der Waals surface area contributed by atoms with Crippen LogP contribution >= 0.6 is 11.8 Å². The van der Waals surface area contributed by atoms with E-state index in [1.165, 1.54) is 11.8 Å². The molecule has 3 aromatic carbocycles. The molecule has 1 aromatic heterocycles. The number of nitrogens with zero attached hydrogens (tertiary/aromatic N) is 2. The molecule has 1 aliphatic carbocycles. The molecule has 1 amide bonds. The topological polar surface area (TPSA) is 81.1 Å². The van der Waals surface area contributed by atoms with E-state index in [1.807, 2.05) is 42.0 Å². The Hall–Kier alpha value is -3.97. The first-order chi connectivity index (χ1) is 16.0. The van der Waals surface area contributed by atoms with E-state index in [2.05, 4.69) is 10.3 Å². The van der Waals surface area contributed by atoms with Gasteiger partial charge in [0.2, 0.25) is 5.91 Å². The Kier molecular flexibility index (Phi) is 5.40. The maximum Gasteiger partial charge on any atom is 0.234 e. The number of thioether (sulfide) groups is 1. The van der Waals surface area contributed by atoms with Gasteiger partial charge in [0.05, 0.1) is 11.4 Å². The number of para-hydroxylation sites is 1. The van der Waals surface area contributed by atoms with Crippen LogP contribution in [0.5, 0.6) is 0 Å². The van der Waals surface area contributed by atoms with Crippen LogP contribution in [0.15, 0.2) is 84.3 Å². The van der Waals surface area contributed by atoms with E-state index in [1.54, 1.807) is 48.7 Å². The highest BCUT2D eigenvalue weighted by atomic mass is 32.2. The van der Waals surface area contributed by atoms with Crippen molar-refractivity contribution in [2.75, 3.05) is 11.1 Å². The zero-order chi connectivity index (χ0) is 22.9. The smallest absolute Gasteiger partial charge is 0.234 e. The summed E-state index contributed by atoms with van der Waals surface area (Å²) in [6, 6.07) is 19.6. The second-order valence-corrected chi connectivity index (χ2v) is 8.61. The van der Waals surface area contributed by atoms with E-state index in [9.17, 15) is 14.4 Å². The number of hydrogen-bond donors (Lipinski definition) is 1. The van der Waals surface area contributed by atoms with Crippen LogP contribution in [0.3, 0.4) is 0 Å². The Morgan fingerprint density at radius 2 is 1.58 bits per heavy atom. The Morgan fingerprint density at radius 3 is 2.33 bits per heavy atom. The molecule has 0 bridgehead atoms. The van der Waals surface area contributed by atoms with Gasteiger partial charge in [0.25, 0.3) is 0 Å². The highest BCUT2D eigenvalue weighted by Gasteiger charge is 2.29. The molecule has 0 fully saturated rings. The molecule has 0 spiro atoms. The molecule has 33 heavy (non-hydrogen) atoms. The van der Waals surface area contributed by atoms with E-state index in [4.69, 9.17) is 0 Å². The SMILES string of the molecule is Cc1ccccc1-n1ccnc1SCC(=O)Nc1ccc2c(c1)C(=O)c1ccccc1C2=O. The van der Waals surface area contributed by atoms with Crippen molar-refractivity contribution in [1.29, 1.82) is 0 Å². The van der Waals surface area contributed by atoms with E-state index >= 15 is 0 Å². The standard InChI is InChI=1S/C26H19N3O3S/c1-16-6-2-5-9-22(16)29-13-12-27-26(29)33-15-23(30)28-17-10-11-20-21(14-17)25(32)19-8-4-3-7-18(19)24(20)31/h2-14H,15H2,1H3,(H,28,30). The predicted octanol–water partition coefficient (Wildman–Crippen LogP) is 4.69. The van der Waals surface area contributed by atoms with Gasteiger partial charge in [-0.05, 0) is 36.8 Å². The number of imidazole rings is 1. The van der Waals surface area contributed by atoms with Gasteiger partial charge in [0, 0.05) is 40.3 Å². The summed E-state index contributed by atoms with van der Waals surface area (Å²) >= 11 is 1.32. The molecule has 1 aliphatic rings. The third-order valence-electron chi connectivity index (χ3n) is 5.52. The third-order valence-corrected chi connectivity index (χ3v) is 6.49. The molecule has 1 N–H and O–H groups in total. The molecule has 0 saturated heterocycles. The van der Waals surface area contributed by atoms with Gasteiger partial charge in [0.1, 0.15) is 0 Å². The average molecular weight is 454 g/mol. The highest BCUT2D eigenvalue weighted by molar-refractivity contribution is 7.99. The Balaban J connectivity index is 1.31. The van der Waals surface area contributed by atoms with Crippen LogP contribution in [0.2, 0.25) is 0 Å². The molecule has 6 nitrogen and oxygen atoms in total. The van der Waals surface area contributed by atoms with Crippen LogP contribution in [0.1, 0.15) is 37.4 Å². The van der Waals surface area contributed by atoms with E-state index in [-0.39, 0.29) is 23.2 Å². The lowest BCUT2D eigenvalue weighted by Crippen LogP contribution is -2.21. The number of amides is 1. The number of hydrogen-bond acceptors (Lipinski definition) is 5. The summed E-state index contributed by atoms with van der Waals surface area (Å²) in [4.78, 5) is 42.6. The zero-order valence-electron chi connectivity index (χ0n) is 17.7. The second kappa shape index (κ2) is 8.52. The molecule has 0 radical (unpaired) electrons. The third kappa shape index (κ3) is 3.87. The highest BCUT2D eigenvalue weighted by Crippen LogP contribution is 2.29. The number of aromatic nitrogens is 2. The molecular weight excluding hydrogens is 434 g/mol. The average Bonchev–Trinajstić information content (AvgIpc) is 3.30. The number of carbonyl (C=O) groups is 3. The van der Waals surface area contributed by atoms with Crippen LogP contribution in [0.25, 0.3) is 5.69 Å². The number of anilines is 1. The number of benzene rings is 3. The van der Waals surface area contributed by atoms with Crippen LogP contribution < -0.4 is 5.32 Å². The largest absolute Gasteiger partial charge is 0.325 e. The molecule has 0 unspecified atom stereocenters. The van der Waals surface area contributed by atoms with Crippen molar-refractivity contribution in [1.82, 2.24) is 9.55 Å². The number of ketones is 2. The van der Waals surface area contributed by atoms with E-state index in [0.29, 0.717) is 33.1 Å². The molecule has 162 valence electrons. The van der Waals surface area contributed by atoms with Crippen molar-refractivity contribution in [3.63, 3.8) is 0 Å². The second-order valence-electron chi connectivity index (χ2n) is 7.67. The number of fused-ring (bicyclic) bond motifs is 2. The summed E-state index contributed by atoms with van der Waals surface area (Å²) in [6.07, 6.45) is 3.57. The maximum atomic E-state index is 12.9. The lowest BCUT2D eigenvalue weighted by Gasteiger charge is -2.18. The van der Waals surface area contributed by atoms with Crippen molar-refractivity contribution in [3.05, 3.63) is 107 Å². The van der Waals surface area contributed by atoms with Crippen LogP contribution in [-0.4, -0.2) is 32.8 Å². The maximum absolute atomic E-state index is 12.9. The predicted molar refractivity (Wildman–Crippen MR) is 127 cm³/mol. The molecule has 4 aromatic rings. The quantitative estimate of drug-likeness (QED) is 0.391. The van der Waals surface area contributed by atoms with Crippen molar-refractivity contribution in [3.8, 4) is 5.69 Å². The van der Waals surface area contributed by atoms with Gasteiger partial charge in [-0.3, -0.25) is 19.0 Å². The van der Waals surface area contributed by atoms with Crippen LogP contribution in [-0.2, 0) is 4.79 Å². The summed E-state index contributed by atoms with van der Waals surface area (Å²) in [6.45, 7) is 2.02. The molecule has 0 atom stereocenters. The van der Waals surface area contributed by atoms with E-state index in [0.717, 1.165) is 11.3 Å². The molecule has 0 saturated carbocycles. The lowest BCUT2D eigenvalue weighted by atomic mass is 9.84. The van der Waals surface area contributed by atoms with Gasteiger partial charge in [-0.15, -0.1) is 0 Å². The fraction of sp³-hybridized carbons (Fsp3) is 0.0769. The normalized spacial score (nSPS) is 12.3. The summed E-state index contributed by atoms with van der Waals surface area (Å²) < 4.78 is 1.95. The fourth-order valence-corrected chi connectivity index (χ4v) is 4.68. The van der Waals surface area contributed by atoms with Gasteiger partial charge in [0.15, 0.2) is 16.7 Å². The van der Waals surface area contributed by atoms with Gasteiger partial charge < -0.3 is 5.32 Å². The van der Waals surface area contributed by atoms with Gasteiger partial charge >= 0.3 is 0 Å². The van der Waals surface area contributed by atoms with Gasteiger partial charge in [-0.2, -0.15) is 0 Å².